The lowest BCUT2D eigenvalue weighted by molar-refractivity contribution is -0.139. The fraction of sp³-hybridized carbons (Fsp3) is 0.583. The van der Waals surface area contributed by atoms with Crippen LogP contribution in [0.5, 0.6) is 0 Å². The molecule has 1 aromatic rings. The summed E-state index contributed by atoms with van der Waals surface area (Å²) in [7, 11) is 1.42. The second-order valence-electron chi connectivity index (χ2n) is 4.32. The molecule has 1 aliphatic carbocycles. The van der Waals surface area contributed by atoms with Crippen LogP contribution < -0.4 is 5.32 Å². The Kier molecular flexibility index (Phi) is 3.61. The molecule has 0 bridgehead atoms. The van der Waals surface area contributed by atoms with Crippen LogP contribution in [-0.4, -0.2) is 19.1 Å². The van der Waals surface area contributed by atoms with E-state index >= 15 is 0 Å². The molecule has 2 atom stereocenters. The van der Waals surface area contributed by atoms with E-state index in [4.69, 9.17) is 0 Å². The highest BCUT2D eigenvalue weighted by molar-refractivity contribution is 7.12. The van der Waals surface area contributed by atoms with E-state index in [1.165, 1.54) is 18.4 Å². The molecular formula is C12H17NO2S. The smallest absolute Gasteiger partial charge is 0.310 e. The zero-order valence-electron chi connectivity index (χ0n) is 9.66. The Balaban J connectivity index is 1.80. The summed E-state index contributed by atoms with van der Waals surface area (Å²) >= 11 is 1.68. The normalized spacial score (nSPS) is 23.1. The van der Waals surface area contributed by atoms with Gasteiger partial charge in [0, 0.05) is 22.3 Å². The SMILES string of the molecule is COC(=O)Cc1ccc(CNC2CC2C)s1. The number of carbonyl (C=O) groups excluding carboxylic acids is 1. The highest BCUT2D eigenvalue weighted by Crippen LogP contribution is 2.29. The lowest BCUT2D eigenvalue weighted by Gasteiger charge is -1.99. The minimum Gasteiger partial charge on any atom is -0.469 e. The average molecular weight is 239 g/mol. The first kappa shape index (κ1) is 11.6. The fourth-order valence-corrected chi connectivity index (χ4v) is 2.62. The van der Waals surface area contributed by atoms with E-state index in [9.17, 15) is 4.79 Å². The van der Waals surface area contributed by atoms with Crippen molar-refractivity contribution in [3.05, 3.63) is 21.9 Å². The first-order valence-corrected chi connectivity index (χ1v) is 6.38. The number of carbonyl (C=O) groups is 1. The second kappa shape index (κ2) is 4.97. The molecule has 0 spiro atoms. The molecule has 1 saturated carbocycles. The van der Waals surface area contributed by atoms with Crippen LogP contribution in [0.2, 0.25) is 0 Å². The maximum absolute atomic E-state index is 11.1. The molecule has 4 heteroatoms. The third-order valence-electron chi connectivity index (χ3n) is 2.91. The monoisotopic (exact) mass is 239 g/mol. The molecule has 0 radical (unpaired) electrons. The predicted octanol–water partition coefficient (Wildman–Crippen LogP) is 1.96. The van der Waals surface area contributed by atoms with Crippen LogP contribution in [0.1, 0.15) is 23.1 Å². The molecule has 0 aromatic carbocycles. The van der Waals surface area contributed by atoms with Gasteiger partial charge in [0.1, 0.15) is 0 Å². The summed E-state index contributed by atoms with van der Waals surface area (Å²) in [5, 5.41) is 3.50. The molecule has 2 rings (SSSR count). The number of ether oxygens (including phenoxy) is 1. The Morgan fingerprint density at radius 3 is 2.88 bits per heavy atom. The van der Waals surface area contributed by atoms with Crippen molar-refractivity contribution in [1.29, 1.82) is 0 Å². The zero-order valence-corrected chi connectivity index (χ0v) is 10.5. The standard InChI is InChI=1S/C12H17NO2S/c1-8-5-11(8)13-7-10-4-3-9(16-10)6-12(14)15-2/h3-4,8,11,13H,5-7H2,1-2H3. The van der Waals surface area contributed by atoms with Crippen LogP contribution in [0, 0.1) is 5.92 Å². The molecule has 1 heterocycles. The van der Waals surface area contributed by atoms with Crippen LogP contribution in [0.15, 0.2) is 12.1 Å². The highest BCUT2D eigenvalue weighted by Gasteiger charge is 2.31. The average Bonchev–Trinajstić information content (AvgIpc) is 2.79. The second-order valence-corrected chi connectivity index (χ2v) is 5.57. The van der Waals surface area contributed by atoms with Gasteiger partial charge in [-0.3, -0.25) is 4.79 Å². The summed E-state index contributed by atoms with van der Waals surface area (Å²) < 4.78 is 4.64. The zero-order chi connectivity index (χ0) is 11.5. The minimum atomic E-state index is -0.169. The third kappa shape index (κ3) is 3.06. The van der Waals surface area contributed by atoms with Gasteiger partial charge in [0.2, 0.25) is 0 Å². The quantitative estimate of drug-likeness (QED) is 0.798. The van der Waals surface area contributed by atoms with E-state index in [1.807, 2.05) is 6.07 Å². The maximum Gasteiger partial charge on any atom is 0.310 e. The number of thiophene rings is 1. The molecule has 1 aromatic heterocycles. The first-order chi connectivity index (χ1) is 7.69. The molecule has 1 fully saturated rings. The number of esters is 1. The van der Waals surface area contributed by atoms with Crippen LogP contribution in [-0.2, 0) is 22.5 Å². The van der Waals surface area contributed by atoms with E-state index in [1.54, 1.807) is 11.3 Å². The van der Waals surface area contributed by atoms with Gasteiger partial charge in [0.05, 0.1) is 13.5 Å². The molecule has 1 aliphatic rings. The number of methoxy groups -OCH3 is 1. The molecule has 0 amide bonds. The number of hydrogen-bond donors (Lipinski definition) is 1. The molecule has 0 aliphatic heterocycles. The van der Waals surface area contributed by atoms with E-state index in [0.29, 0.717) is 12.5 Å². The van der Waals surface area contributed by atoms with E-state index in [-0.39, 0.29) is 5.97 Å². The van der Waals surface area contributed by atoms with Crippen molar-refractivity contribution in [3.63, 3.8) is 0 Å². The van der Waals surface area contributed by atoms with Crippen molar-refractivity contribution in [2.75, 3.05) is 7.11 Å². The van der Waals surface area contributed by atoms with Gasteiger partial charge in [-0.25, -0.2) is 0 Å². The van der Waals surface area contributed by atoms with Crippen LogP contribution in [0.25, 0.3) is 0 Å². The summed E-state index contributed by atoms with van der Waals surface area (Å²) in [6.07, 6.45) is 1.68. The van der Waals surface area contributed by atoms with Crippen LogP contribution >= 0.6 is 11.3 Å². The van der Waals surface area contributed by atoms with Crippen molar-refractivity contribution in [3.8, 4) is 0 Å². The molecule has 16 heavy (non-hydrogen) atoms. The van der Waals surface area contributed by atoms with Crippen molar-refractivity contribution in [2.24, 2.45) is 5.92 Å². The largest absolute Gasteiger partial charge is 0.469 e. The summed E-state index contributed by atoms with van der Waals surface area (Å²) in [5.74, 6) is 0.659. The van der Waals surface area contributed by atoms with Crippen molar-refractivity contribution in [2.45, 2.75) is 32.4 Å². The van der Waals surface area contributed by atoms with Crippen molar-refractivity contribution >= 4 is 17.3 Å². The lowest BCUT2D eigenvalue weighted by Crippen LogP contribution is -2.16. The van der Waals surface area contributed by atoms with E-state index < -0.39 is 0 Å². The minimum absolute atomic E-state index is 0.169. The fourth-order valence-electron chi connectivity index (χ4n) is 1.66. The van der Waals surface area contributed by atoms with Gasteiger partial charge in [0.15, 0.2) is 0 Å². The van der Waals surface area contributed by atoms with Gasteiger partial charge in [0.25, 0.3) is 0 Å². The molecule has 3 nitrogen and oxygen atoms in total. The lowest BCUT2D eigenvalue weighted by atomic mass is 10.3. The Morgan fingerprint density at radius 1 is 1.56 bits per heavy atom. The summed E-state index contributed by atoms with van der Waals surface area (Å²) in [6, 6.07) is 4.80. The van der Waals surface area contributed by atoms with Crippen LogP contribution in [0.4, 0.5) is 0 Å². The van der Waals surface area contributed by atoms with Gasteiger partial charge >= 0.3 is 5.97 Å². The Labute approximate surface area is 99.8 Å². The summed E-state index contributed by atoms with van der Waals surface area (Å²) in [5.41, 5.74) is 0. The van der Waals surface area contributed by atoms with Gasteiger partial charge in [-0.05, 0) is 24.5 Å². The molecule has 0 saturated heterocycles. The van der Waals surface area contributed by atoms with Gasteiger partial charge in [-0.1, -0.05) is 6.92 Å². The third-order valence-corrected chi connectivity index (χ3v) is 4.00. The van der Waals surface area contributed by atoms with E-state index in [2.05, 4.69) is 23.0 Å². The molecular weight excluding hydrogens is 222 g/mol. The Bertz CT molecular complexity index is 375. The topological polar surface area (TPSA) is 38.3 Å². The molecule has 1 N–H and O–H groups in total. The first-order valence-electron chi connectivity index (χ1n) is 5.57. The summed E-state index contributed by atoms with van der Waals surface area (Å²) in [6.45, 7) is 3.18. The van der Waals surface area contributed by atoms with Gasteiger partial charge in [-0.15, -0.1) is 11.3 Å². The van der Waals surface area contributed by atoms with E-state index in [0.717, 1.165) is 17.3 Å². The molecule has 2 unspecified atom stereocenters. The Hall–Kier alpha value is -0.870. The van der Waals surface area contributed by atoms with Crippen LogP contribution in [0.3, 0.4) is 0 Å². The van der Waals surface area contributed by atoms with Gasteiger partial charge < -0.3 is 10.1 Å². The number of rotatable bonds is 5. The maximum atomic E-state index is 11.1. The number of hydrogen-bond acceptors (Lipinski definition) is 4. The highest BCUT2D eigenvalue weighted by atomic mass is 32.1. The van der Waals surface area contributed by atoms with Crippen molar-refractivity contribution < 1.29 is 9.53 Å². The van der Waals surface area contributed by atoms with Gasteiger partial charge in [-0.2, -0.15) is 0 Å². The number of nitrogens with one attached hydrogen (secondary N) is 1. The predicted molar refractivity (Wildman–Crippen MR) is 64.4 cm³/mol. The molecule has 88 valence electrons. The van der Waals surface area contributed by atoms with Crippen molar-refractivity contribution in [1.82, 2.24) is 5.32 Å². The summed E-state index contributed by atoms with van der Waals surface area (Å²) in [4.78, 5) is 13.4. The Morgan fingerprint density at radius 2 is 2.25 bits per heavy atom.